The molecule has 5 heteroatoms. The summed E-state index contributed by atoms with van der Waals surface area (Å²) in [4.78, 5) is 14.4. The lowest BCUT2D eigenvalue weighted by atomic mass is 9.90. The van der Waals surface area contributed by atoms with Gasteiger partial charge in [0.15, 0.2) is 0 Å². The molecule has 2 aromatic rings. The van der Waals surface area contributed by atoms with Gasteiger partial charge in [0.05, 0.1) is 0 Å². The Labute approximate surface area is 165 Å². The van der Waals surface area contributed by atoms with Gasteiger partial charge in [-0.15, -0.1) is 0 Å². The highest BCUT2D eigenvalue weighted by atomic mass is 35.5. The first kappa shape index (κ1) is 19.0. The van der Waals surface area contributed by atoms with Gasteiger partial charge >= 0.3 is 0 Å². The Morgan fingerprint density at radius 2 is 1.93 bits per heavy atom. The van der Waals surface area contributed by atoms with Crippen LogP contribution in [0.15, 0.2) is 66.4 Å². The van der Waals surface area contributed by atoms with Crippen LogP contribution in [0.5, 0.6) is 0 Å². The summed E-state index contributed by atoms with van der Waals surface area (Å²) in [5.41, 5.74) is 2.05. The number of carbonyl (C=O) groups is 1. The zero-order valence-electron chi connectivity index (χ0n) is 15.1. The van der Waals surface area contributed by atoms with Crippen molar-refractivity contribution in [1.82, 2.24) is 4.90 Å². The average molecular weight is 380 g/mol. The van der Waals surface area contributed by atoms with E-state index in [9.17, 15) is 10.1 Å². The molecule has 0 saturated carbocycles. The summed E-state index contributed by atoms with van der Waals surface area (Å²) in [6, 6.07) is 19.4. The molecule has 138 valence electrons. The molecule has 0 spiro atoms. The van der Waals surface area contributed by atoms with Gasteiger partial charge < -0.3 is 10.2 Å². The van der Waals surface area contributed by atoms with Crippen molar-refractivity contribution in [1.29, 1.82) is 5.26 Å². The molecule has 0 aromatic heterocycles. The molecular weight excluding hydrogens is 358 g/mol. The molecule has 0 bridgehead atoms. The van der Waals surface area contributed by atoms with Crippen molar-refractivity contribution in [3.8, 4) is 6.07 Å². The van der Waals surface area contributed by atoms with Crippen molar-refractivity contribution in [2.75, 3.05) is 18.4 Å². The minimum atomic E-state index is -0.411. The van der Waals surface area contributed by atoms with E-state index in [2.05, 4.69) is 34.5 Å². The number of hydrogen-bond acceptors (Lipinski definition) is 3. The maximum atomic E-state index is 12.4. The van der Waals surface area contributed by atoms with E-state index in [0.717, 1.165) is 32.4 Å². The van der Waals surface area contributed by atoms with Gasteiger partial charge in [-0.3, -0.25) is 4.79 Å². The maximum absolute atomic E-state index is 12.4. The van der Waals surface area contributed by atoms with Gasteiger partial charge in [0.1, 0.15) is 11.6 Å². The smallest absolute Gasteiger partial charge is 0.267 e. The summed E-state index contributed by atoms with van der Waals surface area (Å²) in [5.74, 6) is 0.231. The van der Waals surface area contributed by atoms with Crippen molar-refractivity contribution >= 4 is 23.2 Å². The van der Waals surface area contributed by atoms with Gasteiger partial charge in [0.2, 0.25) is 0 Å². The Hall–Kier alpha value is -2.77. The molecular formula is C22H22ClN3O. The molecule has 27 heavy (non-hydrogen) atoms. The standard InChI is InChI=1S/C22H22ClN3O/c23-20-7-4-8-21(14-20)25-22(27)19(15-24)16-26-11-9-18(10-12-26)13-17-5-2-1-3-6-17/h1-8,14,16,18H,9-13H2,(H,25,27)/b19-16+. The third-order valence-electron chi connectivity index (χ3n) is 4.78. The second kappa shape index (κ2) is 9.25. The SMILES string of the molecule is N#C/C(=C\N1CCC(Cc2ccccc2)CC1)C(=O)Nc1cccc(Cl)c1. The first-order valence-corrected chi connectivity index (χ1v) is 9.48. The lowest BCUT2D eigenvalue weighted by Gasteiger charge is -2.31. The fourth-order valence-electron chi connectivity index (χ4n) is 3.32. The van der Waals surface area contributed by atoms with Crippen LogP contribution in [0.25, 0.3) is 0 Å². The number of likely N-dealkylation sites (tertiary alicyclic amines) is 1. The van der Waals surface area contributed by atoms with Crippen LogP contribution in [0.4, 0.5) is 5.69 Å². The monoisotopic (exact) mass is 379 g/mol. The van der Waals surface area contributed by atoms with Gasteiger partial charge in [-0.1, -0.05) is 48.0 Å². The number of hydrogen-bond donors (Lipinski definition) is 1. The quantitative estimate of drug-likeness (QED) is 0.608. The van der Waals surface area contributed by atoms with Gasteiger partial charge in [0.25, 0.3) is 5.91 Å². The van der Waals surface area contributed by atoms with Crippen LogP contribution >= 0.6 is 11.6 Å². The van der Waals surface area contributed by atoms with Crippen LogP contribution in [-0.4, -0.2) is 23.9 Å². The fraction of sp³-hybridized carbons (Fsp3) is 0.273. The van der Waals surface area contributed by atoms with E-state index in [1.165, 1.54) is 5.56 Å². The summed E-state index contributed by atoms with van der Waals surface area (Å²) in [5, 5.41) is 12.6. The van der Waals surface area contributed by atoms with Crippen LogP contribution in [0.2, 0.25) is 5.02 Å². The Balaban J connectivity index is 1.55. The van der Waals surface area contributed by atoms with Crippen molar-refractivity contribution in [2.24, 2.45) is 5.92 Å². The number of amides is 1. The largest absolute Gasteiger partial charge is 0.376 e. The summed E-state index contributed by atoms with van der Waals surface area (Å²) in [6.07, 6.45) is 4.87. The zero-order valence-corrected chi connectivity index (χ0v) is 15.8. The summed E-state index contributed by atoms with van der Waals surface area (Å²) >= 11 is 5.93. The van der Waals surface area contributed by atoms with E-state index >= 15 is 0 Å². The third-order valence-corrected chi connectivity index (χ3v) is 5.01. The lowest BCUT2D eigenvalue weighted by molar-refractivity contribution is -0.112. The zero-order chi connectivity index (χ0) is 19.1. The van der Waals surface area contributed by atoms with Gasteiger partial charge in [-0.2, -0.15) is 5.26 Å². The topological polar surface area (TPSA) is 56.1 Å². The number of benzene rings is 2. The molecule has 4 nitrogen and oxygen atoms in total. The molecule has 0 unspecified atom stereocenters. The Kier molecular flexibility index (Phi) is 6.51. The first-order valence-electron chi connectivity index (χ1n) is 9.11. The average Bonchev–Trinajstić information content (AvgIpc) is 2.68. The van der Waals surface area contributed by atoms with Crippen molar-refractivity contribution < 1.29 is 4.79 Å². The molecule has 2 aromatic carbocycles. The molecule has 1 heterocycles. The Morgan fingerprint density at radius 3 is 2.59 bits per heavy atom. The van der Waals surface area contributed by atoms with E-state index < -0.39 is 5.91 Å². The van der Waals surface area contributed by atoms with E-state index in [1.54, 1.807) is 30.5 Å². The Morgan fingerprint density at radius 1 is 1.19 bits per heavy atom. The second-order valence-corrected chi connectivity index (χ2v) is 7.22. The normalized spacial score (nSPS) is 15.3. The number of halogens is 1. The predicted octanol–water partition coefficient (Wildman–Crippen LogP) is 4.64. The minimum absolute atomic E-state index is 0.108. The molecule has 1 saturated heterocycles. The number of nitriles is 1. The van der Waals surface area contributed by atoms with Crippen molar-refractivity contribution in [3.63, 3.8) is 0 Å². The highest BCUT2D eigenvalue weighted by Crippen LogP contribution is 2.22. The molecule has 1 amide bonds. The number of rotatable bonds is 5. The van der Waals surface area contributed by atoms with Gasteiger partial charge in [-0.05, 0) is 48.9 Å². The molecule has 0 radical (unpaired) electrons. The first-order chi connectivity index (χ1) is 13.1. The summed E-state index contributed by atoms with van der Waals surface area (Å²) in [6.45, 7) is 1.71. The van der Waals surface area contributed by atoms with Crippen LogP contribution < -0.4 is 5.32 Å². The predicted molar refractivity (Wildman–Crippen MR) is 108 cm³/mol. The van der Waals surface area contributed by atoms with E-state index in [1.807, 2.05) is 12.1 Å². The van der Waals surface area contributed by atoms with E-state index in [4.69, 9.17) is 11.6 Å². The maximum Gasteiger partial charge on any atom is 0.267 e. The lowest BCUT2D eigenvalue weighted by Crippen LogP contribution is -2.31. The number of nitrogens with one attached hydrogen (secondary N) is 1. The second-order valence-electron chi connectivity index (χ2n) is 6.79. The Bertz CT molecular complexity index is 849. The van der Waals surface area contributed by atoms with Crippen LogP contribution in [0.1, 0.15) is 18.4 Å². The number of piperidine rings is 1. The molecule has 1 N–H and O–H groups in total. The molecule has 0 aliphatic carbocycles. The molecule has 1 aliphatic rings. The number of nitrogens with zero attached hydrogens (tertiary/aromatic N) is 2. The number of anilines is 1. The third kappa shape index (κ3) is 5.60. The van der Waals surface area contributed by atoms with E-state index in [0.29, 0.717) is 16.6 Å². The molecule has 1 fully saturated rings. The van der Waals surface area contributed by atoms with Crippen LogP contribution in [0.3, 0.4) is 0 Å². The van der Waals surface area contributed by atoms with Gasteiger partial charge in [0, 0.05) is 30.0 Å². The molecule has 0 atom stereocenters. The minimum Gasteiger partial charge on any atom is -0.376 e. The molecule has 3 rings (SSSR count). The van der Waals surface area contributed by atoms with Crippen molar-refractivity contribution in [2.45, 2.75) is 19.3 Å². The highest BCUT2D eigenvalue weighted by Gasteiger charge is 2.19. The van der Waals surface area contributed by atoms with Crippen LogP contribution in [0, 0.1) is 17.2 Å². The highest BCUT2D eigenvalue weighted by molar-refractivity contribution is 6.31. The van der Waals surface area contributed by atoms with Crippen molar-refractivity contribution in [3.05, 3.63) is 77.0 Å². The fourth-order valence-corrected chi connectivity index (χ4v) is 3.51. The summed E-state index contributed by atoms with van der Waals surface area (Å²) < 4.78 is 0. The summed E-state index contributed by atoms with van der Waals surface area (Å²) in [7, 11) is 0. The van der Waals surface area contributed by atoms with E-state index in [-0.39, 0.29) is 5.57 Å². The molecule has 1 aliphatic heterocycles. The number of carbonyl (C=O) groups excluding carboxylic acids is 1. The van der Waals surface area contributed by atoms with Gasteiger partial charge in [-0.25, -0.2) is 0 Å². The van der Waals surface area contributed by atoms with Crippen LogP contribution in [-0.2, 0) is 11.2 Å².